The van der Waals surface area contributed by atoms with Crippen molar-refractivity contribution in [2.24, 2.45) is 0 Å². The minimum atomic E-state index is 0.103. The van der Waals surface area contributed by atoms with Crippen molar-refractivity contribution >= 4 is 11.9 Å². The van der Waals surface area contributed by atoms with Gasteiger partial charge in [0, 0.05) is 27.3 Å². The van der Waals surface area contributed by atoms with Gasteiger partial charge in [0.25, 0.3) is 0 Å². The predicted molar refractivity (Wildman–Crippen MR) is 81.1 cm³/mol. The van der Waals surface area contributed by atoms with Gasteiger partial charge >= 0.3 is 6.01 Å². The van der Waals surface area contributed by atoms with Gasteiger partial charge in [0.15, 0.2) is 0 Å². The minimum absolute atomic E-state index is 0.103. The van der Waals surface area contributed by atoms with Crippen molar-refractivity contribution < 1.29 is 14.2 Å². The molecule has 0 saturated heterocycles. The Kier molecular flexibility index (Phi) is 7.70. The second kappa shape index (κ2) is 9.30. The van der Waals surface area contributed by atoms with Crippen molar-refractivity contribution in [2.75, 3.05) is 57.8 Å². The summed E-state index contributed by atoms with van der Waals surface area (Å²) in [7, 11) is 4.87. The molecule has 21 heavy (non-hydrogen) atoms. The molecule has 1 unspecified atom stereocenters. The summed E-state index contributed by atoms with van der Waals surface area (Å²) in [6, 6.07) is 0.384. The predicted octanol–water partition coefficient (Wildman–Crippen LogP) is 0.800. The molecule has 0 bridgehead atoms. The number of nitrogens with one attached hydrogen (secondary N) is 1. The number of anilines is 2. The molecule has 1 heterocycles. The van der Waals surface area contributed by atoms with E-state index in [0.29, 0.717) is 31.7 Å². The van der Waals surface area contributed by atoms with Crippen LogP contribution in [0.1, 0.15) is 13.8 Å². The third-order valence-corrected chi connectivity index (χ3v) is 2.85. The van der Waals surface area contributed by atoms with E-state index in [0.717, 1.165) is 6.54 Å². The fraction of sp³-hybridized carbons (Fsp3) is 0.769. The zero-order valence-electron chi connectivity index (χ0n) is 13.4. The first-order valence-corrected chi connectivity index (χ1v) is 6.94. The maximum Gasteiger partial charge on any atom is 0.322 e. The Balaban J connectivity index is 3.05. The summed E-state index contributed by atoms with van der Waals surface area (Å²) >= 11 is 0. The van der Waals surface area contributed by atoms with Crippen molar-refractivity contribution in [3.8, 4) is 6.01 Å². The van der Waals surface area contributed by atoms with Crippen molar-refractivity contribution in [3.05, 3.63) is 0 Å². The highest BCUT2D eigenvalue weighted by Crippen LogP contribution is 2.17. The molecule has 0 amide bonds. The second-order valence-corrected chi connectivity index (χ2v) is 4.47. The molecule has 1 aromatic rings. The van der Waals surface area contributed by atoms with E-state index in [2.05, 4.69) is 20.3 Å². The Bertz CT molecular complexity index is 419. The van der Waals surface area contributed by atoms with Crippen molar-refractivity contribution in [2.45, 2.75) is 19.9 Å². The molecule has 0 aliphatic carbocycles. The molecule has 0 fully saturated rings. The molecule has 0 aliphatic rings. The van der Waals surface area contributed by atoms with Gasteiger partial charge in [0.05, 0.1) is 26.4 Å². The average molecular weight is 299 g/mol. The molecule has 0 aliphatic heterocycles. The Labute approximate surface area is 125 Å². The van der Waals surface area contributed by atoms with E-state index in [9.17, 15) is 0 Å². The molecular formula is C13H25N5O3. The molecular weight excluding hydrogens is 274 g/mol. The van der Waals surface area contributed by atoms with Crippen LogP contribution >= 0.6 is 0 Å². The van der Waals surface area contributed by atoms with Crippen LogP contribution in [-0.4, -0.2) is 68.6 Å². The maximum absolute atomic E-state index is 5.22. The lowest BCUT2D eigenvalue weighted by molar-refractivity contribution is 0.170. The molecule has 0 radical (unpaired) electrons. The van der Waals surface area contributed by atoms with E-state index >= 15 is 0 Å². The zero-order chi connectivity index (χ0) is 15.7. The van der Waals surface area contributed by atoms with Gasteiger partial charge in [-0.3, -0.25) is 0 Å². The van der Waals surface area contributed by atoms with Crippen LogP contribution < -0.4 is 15.0 Å². The number of hydrogen-bond donors (Lipinski definition) is 1. The number of aromatic nitrogens is 3. The van der Waals surface area contributed by atoms with Crippen molar-refractivity contribution in [1.29, 1.82) is 0 Å². The van der Waals surface area contributed by atoms with Crippen LogP contribution in [0.2, 0.25) is 0 Å². The van der Waals surface area contributed by atoms with Gasteiger partial charge in [-0.1, -0.05) is 0 Å². The molecule has 8 nitrogen and oxygen atoms in total. The van der Waals surface area contributed by atoms with Gasteiger partial charge in [0.2, 0.25) is 11.9 Å². The van der Waals surface area contributed by atoms with Gasteiger partial charge in [0.1, 0.15) is 0 Å². The third-order valence-electron chi connectivity index (χ3n) is 2.85. The highest BCUT2D eigenvalue weighted by Gasteiger charge is 2.19. The second-order valence-electron chi connectivity index (χ2n) is 4.47. The molecule has 0 spiro atoms. The van der Waals surface area contributed by atoms with Crippen LogP contribution in [-0.2, 0) is 9.47 Å². The summed E-state index contributed by atoms with van der Waals surface area (Å²) < 4.78 is 15.5. The summed E-state index contributed by atoms with van der Waals surface area (Å²) in [5.74, 6) is 1.03. The Morgan fingerprint density at radius 3 is 2.48 bits per heavy atom. The van der Waals surface area contributed by atoms with Crippen LogP contribution in [0.15, 0.2) is 0 Å². The lowest BCUT2D eigenvalue weighted by Crippen LogP contribution is -2.40. The molecule has 120 valence electrons. The quantitative estimate of drug-likeness (QED) is 0.679. The van der Waals surface area contributed by atoms with Gasteiger partial charge < -0.3 is 24.4 Å². The molecule has 1 atom stereocenters. The van der Waals surface area contributed by atoms with Gasteiger partial charge in [-0.05, 0) is 13.8 Å². The summed E-state index contributed by atoms with van der Waals surface area (Å²) in [6.45, 7) is 6.53. The first-order chi connectivity index (χ1) is 10.2. The first-order valence-electron chi connectivity index (χ1n) is 6.94. The highest BCUT2D eigenvalue weighted by molar-refractivity contribution is 5.39. The summed E-state index contributed by atoms with van der Waals surface area (Å²) in [5, 5.41) is 3.07. The normalized spacial score (nSPS) is 12.0. The average Bonchev–Trinajstić information content (AvgIpc) is 2.48. The lowest BCUT2D eigenvalue weighted by atomic mass is 10.3. The standard InChI is InChI=1S/C13H25N5O3/c1-6-14-11-15-12(17-13(16-11)21-5)18(7-8-19-3)10(2)9-20-4/h10H,6-9H2,1-5H3,(H,14,15,16,17). The first kappa shape index (κ1) is 17.4. The van der Waals surface area contributed by atoms with Crippen LogP contribution in [0, 0.1) is 0 Å². The van der Waals surface area contributed by atoms with Gasteiger partial charge in [-0.2, -0.15) is 15.0 Å². The Morgan fingerprint density at radius 1 is 1.14 bits per heavy atom. The van der Waals surface area contributed by atoms with E-state index in [1.807, 2.05) is 18.7 Å². The Hall–Kier alpha value is -1.67. The lowest BCUT2D eigenvalue weighted by Gasteiger charge is -2.28. The minimum Gasteiger partial charge on any atom is -0.467 e. The summed E-state index contributed by atoms with van der Waals surface area (Å²) in [5.41, 5.74) is 0. The molecule has 1 N–H and O–H groups in total. The van der Waals surface area contributed by atoms with E-state index in [1.54, 1.807) is 14.2 Å². The number of ether oxygens (including phenoxy) is 3. The molecule has 0 saturated carbocycles. The highest BCUT2D eigenvalue weighted by atomic mass is 16.5. The number of nitrogens with zero attached hydrogens (tertiary/aromatic N) is 4. The van der Waals surface area contributed by atoms with Crippen molar-refractivity contribution in [1.82, 2.24) is 15.0 Å². The zero-order valence-corrected chi connectivity index (χ0v) is 13.4. The third kappa shape index (κ3) is 5.31. The van der Waals surface area contributed by atoms with E-state index < -0.39 is 0 Å². The molecule has 0 aromatic carbocycles. The summed E-state index contributed by atoms with van der Waals surface area (Å²) in [6.07, 6.45) is 0. The van der Waals surface area contributed by atoms with Crippen LogP contribution in [0.4, 0.5) is 11.9 Å². The van der Waals surface area contributed by atoms with E-state index in [4.69, 9.17) is 14.2 Å². The fourth-order valence-corrected chi connectivity index (χ4v) is 1.84. The van der Waals surface area contributed by atoms with Crippen LogP contribution in [0.5, 0.6) is 6.01 Å². The Morgan fingerprint density at radius 2 is 1.90 bits per heavy atom. The monoisotopic (exact) mass is 299 g/mol. The van der Waals surface area contributed by atoms with E-state index in [1.165, 1.54) is 7.11 Å². The molecule has 1 rings (SSSR count). The van der Waals surface area contributed by atoms with Gasteiger partial charge in [-0.25, -0.2) is 0 Å². The van der Waals surface area contributed by atoms with Crippen LogP contribution in [0.25, 0.3) is 0 Å². The number of rotatable bonds is 10. The topological polar surface area (TPSA) is 81.6 Å². The van der Waals surface area contributed by atoms with Crippen molar-refractivity contribution in [3.63, 3.8) is 0 Å². The number of hydrogen-bond acceptors (Lipinski definition) is 8. The molecule has 1 aromatic heterocycles. The largest absolute Gasteiger partial charge is 0.467 e. The maximum atomic E-state index is 5.22. The smallest absolute Gasteiger partial charge is 0.322 e. The number of methoxy groups -OCH3 is 3. The van der Waals surface area contributed by atoms with Gasteiger partial charge in [-0.15, -0.1) is 0 Å². The SMILES string of the molecule is CCNc1nc(OC)nc(N(CCOC)C(C)COC)n1. The van der Waals surface area contributed by atoms with E-state index in [-0.39, 0.29) is 12.1 Å². The van der Waals surface area contributed by atoms with Crippen LogP contribution in [0.3, 0.4) is 0 Å². The summed E-state index contributed by atoms with van der Waals surface area (Å²) in [4.78, 5) is 14.9. The molecule has 8 heteroatoms. The fourth-order valence-electron chi connectivity index (χ4n) is 1.84.